The Bertz CT molecular complexity index is 1020. The number of hydrogen-bond acceptors (Lipinski definition) is 4. The van der Waals surface area contributed by atoms with E-state index in [1.54, 1.807) is 11.1 Å². The highest BCUT2D eigenvalue weighted by Crippen LogP contribution is 2.27. The fourth-order valence-electron chi connectivity index (χ4n) is 3.34. The van der Waals surface area contributed by atoms with Gasteiger partial charge < -0.3 is 14.4 Å². The number of pyridine rings is 1. The van der Waals surface area contributed by atoms with E-state index in [0.717, 1.165) is 23.0 Å². The van der Waals surface area contributed by atoms with Crippen molar-refractivity contribution < 1.29 is 27.4 Å². The van der Waals surface area contributed by atoms with Crippen molar-refractivity contribution in [2.24, 2.45) is 0 Å². The standard InChI is InChI=1S/C21H17F3N2O3/c22-21(23,24)29-16-8-6-15(7-9-16)20(27)26-12-10-17(13-26)28-18-5-1-3-14-4-2-11-25-19(14)18/h1-9,11,17H,10,12-13H2. The Hall–Kier alpha value is -3.29. The van der Waals surface area contributed by atoms with Crippen molar-refractivity contribution in [3.05, 3.63) is 66.4 Å². The van der Waals surface area contributed by atoms with E-state index in [9.17, 15) is 18.0 Å². The average Bonchev–Trinajstić information content (AvgIpc) is 3.16. The van der Waals surface area contributed by atoms with Crippen LogP contribution < -0.4 is 9.47 Å². The first-order valence-corrected chi connectivity index (χ1v) is 9.04. The van der Waals surface area contributed by atoms with Gasteiger partial charge in [-0.25, -0.2) is 0 Å². The molecule has 1 unspecified atom stereocenters. The van der Waals surface area contributed by atoms with Crippen LogP contribution in [0.15, 0.2) is 60.8 Å². The van der Waals surface area contributed by atoms with E-state index in [2.05, 4.69) is 9.72 Å². The number of aromatic nitrogens is 1. The Morgan fingerprint density at radius 3 is 2.59 bits per heavy atom. The Balaban J connectivity index is 1.41. The van der Waals surface area contributed by atoms with Crippen LogP contribution in [0.3, 0.4) is 0 Å². The first-order chi connectivity index (χ1) is 13.9. The van der Waals surface area contributed by atoms with Crippen molar-refractivity contribution in [2.45, 2.75) is 18.9 Å². The highest BCUT2D eigenvalue weighted by molar-refractivity contribution is 5.94. The maximum absolute atomic E-state index is 12.6. The monoisotopic (exact) mass is 402 g/mol. The molecule has 0 spiro atoms. The molecule has 1 atom stereocenters. The summed E-state index contributed by atoms with van der Waals surface area (Å²) in [5.41, 5.74) is 1.06. The van der Waals surface area contributed by atoms with Crippen molar-refractivity contribution >= 4 is 16.8 Å². The molecule has 1 fully saturated rings. The number of halogens is 3. The van der Waals surface area contributed by atoms with E-state index >= 15 is 0 Å². The summed E-state index contributed by atoms with van der Waals surface area (Å²) in [6, 6.07) is 14.4. The minimum Gasteiger partial charge on any atom is -0.486 e. The number of hydrogen-bond donors (Lipinski definition) is 0. The van der Waals surface area contributed by atoms with E-state index in [1.165, 1.54) is 12.1 Å². The van der Waals surface area contributed by atoms with Crippen LogP contribution in [0.25, 0.3) is 10.9 Å². The second-order valence-electron chi connectivity index (χ2n) is 6.68. The number of amides is 1. The third-order valence-corrected chi connectivity index (χ3v) is 4.66. The first kappa shape index (κ1) is 19.0. The summed E-state index contributed by atoms with van der Waals surface area (Å²) in [6.45, 7) is 0.894. The topological polar surface area (TPSA) is 51.7 Å². The minimum atomic E-state index is -4.76. The molecular formula is C21H17F3N2O3. The van der Waals surface area contributed by atoms with Gasteiger partial charge >= 0.3 is 6.36 Å². The number of ether oxygens (including phenoxy) is 2. The zero-order valence-corrected chi connectivity index (χ0v) is 15.2. The van der Waals surface area contributed by atoms with Gasteiger partial charge in [0, 0.05) is 30.1 Å². The Labute approximate surface area is 164 Å². The summed E-state index contributed by atoms with van der Waals surface area (Å²) in [7, 11) is 0. The van der Waals surface area contributed by atoms with Crippen molar-refractivity contribution in [3.8, 4) is 11.5 Å². The lowest BCUT2D eigenvalue weighted by atomic mass is 10.2. The molecule has 0 N–H and O–H groups in total. The third-order valence-electron chi connectivity index (χ3n) is 4.66. The molecule has 1 saturated heterocycles. The zero-order valence-electron chi connectivity index (χ0n) is 15.2. The van der Waals surface area contributed by atoms with Crippen LogP contribution in [0.5, 0.6) is 11.5 Å². The zero-order chi connectivity index (χ0) is 20.4. The van der Waals surface area contributed by atoms with Gasteiger partial charge in [0.2, 0.25) is 0 Å². The number of likely N-dealkylation sites (tertiary alicyclic amines) is 1. The van der Waals surface area contributed by atoms with Gasteiger partial charge in [-0.2, -0.15) is 0 Å². The fraction of sp³-hybridized carbons (Fsp3) is 0.238. The molecule has 1 aliphatic rings. The number of benzene rings is 2. The number of para-hydroxylation sites is 1. The Kier molecular flexibility index (Phi) is 5.00. The van der Waals surface area contributed by atoms with Gasteiger partial charge in [-0.05, 0) is 36.4 Å². The summed E-state index contributed by atoms with van der Waals surface area (Å²) in [5, 5.41) is 0.970. The molecule has 2 aromatic carbocycles. The fourth-order valence-corrected chi connectivity index (χ4v) is 3.34. The summed E-state index contributed by atoms with van der Waals surface area (Å²) >= 11 is 0. The number of rotatable bonds is 4. The molecule has 29 heavy (non-hydrogen) atoms. The summed E-state index contributed by atoms with van der Waals surface area (Å²) in [4.78, 5) is 18.6. The molecule has 0 saturated carbocycles. The van der Waals surface area contributed by atoms with Crippen LogP contribution in [0.4, 0.5) is 13.2 Å². The highest BCUT2D eigenvalue weighted by Gasteiger charge is 2.32. The summed E-state index contributed by atoms with van der Waals surface area (Å²) in [5.74, 6) is 0.0434. The molecule has 2 heterocycles. The molecule has 1 aromatic heterocycles. The van der Waals surface area contributed by atoms with Crippen LogP contribution in [0.2, 0.25) is 0 Å². The highest BCUT2D eigenvalue weighted by atomic mass is 19.4. The average molecular weight is 402 g/mol. The molecule has 0 bridgehead atoms. The van der Waals surface area contributed by atoms with Gasteiger partial charge in [0.25, 0.3) is 5.91 Å². The Morgan fingerprint density at radius 1 is 1.07 bits per heavy atom. The summed E-state index contributed by atoms with van der Waals surface area (Å²) < 4.78 is 46.7. The maximum atomic E-state index is 12.6. The van der Waals surface area contributed by atoms with Crippen LogP contribution in [-0.2, 0) is 0 Å². The van der Waals surface area contributed by atoms with Crippen molar-refractivity contribution in [2.75, 3.05) is 13.1 Å². The number of carbonyl (C=O) groups excluding carboxylic acids is 1. The quantitative estimate of drug-likeness (QED) is 0.648. The van der Waals surface area contributed by atoms with Gasteiger partial charge in [-0.3, -0.25) is 9.78 Å². The van der Waals surface area contributed by atoms with E-state index in [4.69, 9.17) is 4.74 Å². The first-order valence-electron chi connectivity index (χ1n) is 9.04. The molecular weight excluding hydrogens is 385 g/mol. The molecule has 150 valence electrons. The van der Waals surface area contributed by atoms with Crippen LogP contribution in [0.1, 0.15) is 16.8 Å². The van der Waals surface area contributed by atoms with E-state index in [-0.39, 0.29) is 17.8 Å². The lowest BCUT2D eigenvalue weighted by Gasteiger charge is -2.18. The Morgan fingerprint density at radius 2 is 1.83 bits per heavy atom. The third kappa shape index (κ3) is 4.42. The lowest BCUT2D eigenvalue weighted by Crippen LogP contribution is -2.31. The predicted octanol–water partition coefficient (Wildman–Crippen LogP) is 4.43. The number of fused-ring (bicyclic) bond motifs is 1. The lowest BCUT2D eigenvalue weighted by molar-refractivity contribution is -0.274. The van der Waals surface area contributed by atoms with Gasteiger partial charge in [0.05, 0.1) is 6.54 Å². The van der Waals surface area contributed by atoms with E-state index in [0.29, 0.717) is 30.8 Å². The largest absolute Gasteiger partial charge is 0.573 e. The van der Waals surface area contributed by atoms with E-state index in [1.807, 2.05) is 30.3 Å². The van der Waals surface area contributed by atoms with E-state index < -0.39 is 6.36 Å². The van der Waals surface area contributed by atoms with Crippen LogP contribution in [-0.4, -0.2) is 41.3 Å². The van der Waals surface area contributed by atoms with Gasteiger partial charge in [0.1, 0.15) is 23.1 Å². The van der Waals surface area contributed by atoms with Crippen molar-refractivity contribution in [1.29, 1.82) is 0 Å². The van der Waals surface area contributed by atoms with Crippen molar-refractivity contribution in [1.82, 2.24) is 9.88 Å². The van der Waals surface area contributed by atoms with Crippen molar-refractivity contribution in [3.63, 3.8) is 0 Å². The second kappa shape index (κ2) is 7.62. The molecule has 0 aliphatic carbocycles. The number of carbonyl (C=O) groups is 1. The van der Waals surface area contributed by atoms with Gasteiger partial charge in [-0.15, -0.1) is 13.2 Å². The molecule has 1 aliphatic heterocycles. The smallest absolute Gasteiger partial charge is 0.486 e. The molecule has 3 aromatic rings. The second-order valence-corrected chi connectivity index (χ2v) is 6.68. The molecule has 1 amide bonds. The predicted molar refractivity (Wildman–Crippen MR) is 99.8 cm³/mol. The van der Waals surface area contributed by atoms with Gasteiger partial charge in [-0.1, -0.05) is 18.2 Å². The van der Waals surface area contributed by atoms with Crippen LogP contribution in [0, 0.1) is 0 Å². The SMILES string of the molecule is O=C(c1ccc(OC(F)(F)F)cc1)N1CCC(Oc2cccc3cccnc23)C1. The summed E-state index contributed by atoms with van der Waals surface area (Å²) in [6.07, 6.45) is -2.59. The molecule has 8 heteroatoms. The van der Waals surface area contributed by atoms with Crippen LogP contribution >= 0.6 is 0 Å². The molecule has 5 nitrogen and oxygen atoms in total. The molecule has 4 rings (SSSR count). The number of nitrogens with zero attached hydrogens (tertiary/aromatic N) is 2. The normalized spacial score (nSPS) is 16.8. The maximum Gasteiger partial charge on any atom is 0.573 e. The molecule has 0 radical (unpaired) electrons. The number of alkyl halides is 3. The minimum absolute atomic E-state index is 0.181. The van der Waals surface area contributed by atoms with Gasteiger partial charge in [0.15, 0.2) is 0 Å².